The van der Waals surface area contributed by atoms with E-state index >= 15 is 0 Å². The summed E-state index contributed by atoms with van der Waals surface area (Å²) in [7, 11) is 1.33. The van der Waals surface area contributed by atoms with Gasteiger partial charge >= 0.3 is 5.97 Å². The summed E-state index contributed by atoms with van der Waals surface area (Å²) in [6, 6.07) is 7.85. The highest BCUT2D eigenvalue weighted by molar-refractivity contribution is 7.15. The Morgan fingerprint density at radius 1 is 1.20 bits per heavy atom. The van der Waals surface area contributed by atoms with Crippen LogP contribution in [0.1, 0.15) is 22.8 Å². The fraction of sp³-hybridized carbons (Fsp3) is 0.200. The van der Waals surface area contributed by atoms with Gasteiger partial charge in [0.15, 0.2) is 0 Å². The van der Waals surface area contributed by atoms with Crippen LogP contribution in [0.3, 0.4) is 0 Å². The van der Waals surface area contributed by atoms with Crippen molar-refractivity contribution in [1.82, 2.24) is 0 Å². The zero-order valence-electron chi connectivity index (χ0n) is 11.5. The summed E-state index contributed by atoms with van der Waals surface area (Å²) in [4.78, 5) is 23.2. The molecule has 0 unspecified atom stereocenters. The zero-order valence-corrected chi connectivity index (χ0v) is 12.3. The molecule has 0 aliphatic rings. The lowest BCUT2D eigenvalue weighted by Crippen LogP contribution is -2.10. The predicted molar refractivity (Wildman–Crippen MR) is 80.1 cm³/mol. The second-order valence-electron chi connectivity index (χ2n) is 4.39. The molecule has 1 aromatic heterocycles. The first-order chi connectivity index (χ1) is 9.52. The van der Waals surface area contributed by atoms with Crippen LogP contribution in [0.2, 0.25) is 0 Å². The molecule has 1 aromatic carbocycles. The Morgan fingerprint density at radius 2 is 1.85 bits per heavy atom. The van der Waals surface area contributed by atoms with Crippen LogP contribution in [0, 0.1) is 6.92 Å². The summed E-state index contributed by atoms with van der Waals surface area (Å²) in [6.45, 7) is 3.41. The molecule has 0 bridgehead atoms. The fourth-order valence-corrected chi connectivity index (χ4v) is 2.86. The van der Waals surface area contributed by atoms with E-state index < -0.39 is 5.97 Å². The van der Waals surface area contributed by atoms with E-state index in [2.05, 4.69) is 5.32 Å². The van der Waals surface area contributed by atoms with Crippen LogP contribution in [0.15, 0.2) is 29.6 Å². The minimum atomic E-state index is -0.453. The number of rotatable bonds is 3. The van der Waals surface area contributed by atoms with Crippen LogP contribution in [0.5, 0.6) is 0 Å². The van der Waals surface area contributed by atoms with Gasteiger partial charge in [0.1, 0.15) is 10.6 Å². The number of carbonyl (C=O) groups excluding carboxylic acids is 2. The third kappa shape index (κ3) is 2.88. The van der Waals surface area contributed by atoms with Crippen molar-refractivity contribution in [2.45, 2.75) is 13.8 Å². The smallest absolute Gasteiger partial charge is 0.341 e. The molecule has 0 saturated heterocycles. The van der Waals surface area contributed by atoms with Gasteiger partial charge in [-0.3, -0.25) is 4.79 Å². The quantitative estimate of drug-likeness (QED) is 0.880. The number of esters is 1. The van der Waals surface area contributed by atoms with Crippen LogP contribution in [-0.4, -0.2) is 19.0 Å². The summed E-state index contributed by atoms with van der Waals surface area (Å²) in [6.07, 6.45) is 0. The molecule has 0 spiro atoms. The molecule has 1 heterocycles. The average Bonchev–Trinajstić information content (AvgIpc) is 2.81. The number of benzene rings is 1. The second-order valence-corrected chi connectivity index (χ2v) is 5.27. The molecule has 0 aliphatic carbocycles. The molecule has 4 nitrogen and oxygen atoms in total. The van der Waals surface area contributed by atoms with Crippen molar-refractivity contribution in [2.24, 2.45) is 0 Å². The van der Waals surface area contributed by atoms with Gasteiger partial charge in [0.25, 0.3) is 0 Å². The molecule has 20 heavy (non-hydrogen) atoms. The van der Waals surface area contributed by atoms with Gasteiger partial charge < -0.3 is 10.1 Å². The normalized spacial score (nSPS) is 10.2. The number of aryl methyl sites for hydroxylation is 1. The summed E-state index contributed by atoms with van der Waals surface area (Å²) >= 11 is 1.31. The highest BCUT2D eigenvalue weighted by Gasteiger charge is 2.21. The Kier molecular flexibility index (Phi) is 4.20. The molecule has 0 fully saturated rings. The lowest BCUT2D eigenvalue weighted by atomic mass is 10.0. The monoisotopic (exact) mass is 289 g/mol. The van der Waals surface area contributed by atoms with Crippen molar-refractivity contribution < 1.29 is 14.3 Å². The first kappa shape index (κ1) is 14.3. The third-order valence-electron chi connectivity index (χ3n) is 2.83. The van der Waals surface area contributed by atoms with Crippen molar-refractivity contribution in [3.8, 4) is 11.1 Å². The highest BCUT2D eigenvalue weighted by Crippen LogP contribution is 2.36. The number of thiophene rings is 1. The lowest BCUT2D eigenvalue weighted by Gasteiger charge is -2.06. The van der Waals surface area contributed by atoms with Gasteiger partial charge in [0, 0.05) is 17.9 Å². The maximum absolute atomic E-state index is 12.0. The molecule has 2 rings (SSSR count). The van der Waals surface area contributed by atoms with E-state index in [1.54, 1.807) is 0 Å². The SMILES string of the molecule is COC(=O)c1c(-c2ccc(C)cc2)csc1NC(C)=O. The fourth-order valence-electron chi connectivity index (χ4n) is 1.86. The molecule has 5 heteroatoms. The average molecular weight is 289 g/mol. The summed E-state index contributed by atoms with van der Waals surface area (Å²) in [5.74, 6) is -0.668. The number of anilines is 1. The zero-order chi connectivity index (χ0) is 14.7. The standard InChI is InChI=1S/C15H15NO3S/c1-9-4-6-11(7-5-9)12-8-20-14(16-10(2)17)13(12)15(18)19-3/h4-8H,1-3H3,(H,16,17). The topological polar surface area (TPSA) is 55.4 Å². The largest absolute Gasteiger partial charge is 0.465 e. The summed E-state index contributed by atoms with van der Waals surface area (Å²) < 4.78 is 4.82. The number of hydrogen-bond donors (Lipinski definition) is 1. The maximum atomic E-state index is 12.0. The van der Waals surface area contributed by atoms with Crippen molar-refractivity contribution in [1.29, 1.82) is 0 Å². The van der Waals surface area contributed by atoms with Gasteiger partial charge in [-0.15, -0.1) is 11.3 Å². The predicted octanol–water partition coefficient (Wildman–Crippen LogP) is 3.47. The van der Waals surface area contributed by atoms with Crippen LogP contribution < -0.4 is 5.32 Å². The van der Waals surface area contributed by atoms with Crippen LogP contribution in [0.25, 0.3) is 11.1 Å². The van der Waals surface area contributed by atoms with Crippen molar-refractivity contribution >= 4 is 28.2 Å². The van der Waals surface area contributed by atoms with E-state index in [1.807, 2.05) is 36.6 Å². The van der Waals surface area contributed by atoms with E-state index in [1.165, 1.54) is 25.4 Å². The minimum Gasteiger partial charge on any atom is -0.465 e. The number of methoxy groups -OCH3 is 1. The minimum absolute atomic E-state index is 0.215. The van der Waals surface area contributed by atoms with Crippen LogP contribution in [-0.2, 0) is 9.53 Å². The first-order valence-electron chi connectivity index (χ1n) is 6.07. The number of hydrogen-bond acceptors (Lipinski definition) is 4. The molecule has 0 saturated carbocycles. The number of ether oxygens (including phenoxy) is 1. The molecule has 0 radical (unpaired) electrons. The van der Waals surface area contributed by atoms with Crippen LogP contribution >= 0.6 is 11.3 Å². The van der Waals surface area contributed by atoms with E-state index in [0.29, 0.717) is 10.6 Å². The van der Waals surface area contributed by atoms with Gasteiger partial charge in [-0.05, 0) is 12.5 Å². The number of carbonyl (C=O) groups is 2. The van der Waals surface area contributed by atoms with Gasteiger partial charge in [0.2, 0.25) is 5.91 Å². The van der Waals surface area contributed by atoms with Gasteiger partial charge in [-0.25, -0.2) is 4.79 Å². The van der Waals surface area contributed by atoms with E-state index in [9.17, 15) is 9.59 Å². The molecular weight excluding hydrogens is 274 g/mol. The summed E-state index contributed by atoms with van der Waals surface area (Å²) in [5.41, 5.74) is 3.23. The number of nitrogens with one attached hydrogen (secondary N) is 1. The Morgan fingerprint density at radius 3 is 2.40 bits per heavy atom. The molecule has 104 valence electrons. The van der Waals surface area contributed by atoms with E-state index in [-0.39, 0.29) is 5.91 Å². The van der Waals surface area contributed by atoms with E-state index in [0.717, 1.165) is 16.7 Å². The molecule has 0 aliphatic heterocycles. The first-order valence-corrected chi connectivity index (χ1v) is 6.95. The third-order valence-corrected chi connectivity index (χ3v) is 3.73. The van der Waals surface area contributed by atoms with Crippen LogP contribution in [0.4, 0.5) is 5.00 Å². The Balaban J connectivity index is 2.52. The summed E-state index contributed by atoms with van der Waals surface area (Å²) in [5, 5.41) is 5.03. The molecule has 1 amide bonds. The Bertz CT molecular complexity index is 644. The Hall–Kier alpha value is -2.14. The maximum Gasteiger partial charge on any atom is 0.341 e. The van der Waals surface area contributed by atoms with Gasteiger partial charge in [-0.1, -0.05) is 29.8 Å². The second kappa shape index (κ2) is 5.88. The van der Waals surface area contributed by atoms with Gasteiger partial charge in [-0.2, -0.15) is 0 Å². The highest BCUT2D eigenvalue weighted by atomic mass is 32.1. The Labute approximate surface area is 121 Å². The molecule has 1 N–H and O–H groups in total. The molecule has 0 atom stereocenters. The van der Waals surface area contributed by atoms with Crippen molar-refractivity contribution in [3.63, 3.8) is 0 Å². The van der Waals surface area contributed by atoms with Gasteiger partial charge in [0.05, 0.1) is 7.11 Å². The van der Waals surface area contributed by atoms with Crippen molar-refractivity contribution in [2.75, 3.05) is 12.4 Å². The van der Waals surface area contributed by atoms with E-state index in [4.69, 9.17) is 4.74 Å². The molecule has 2 aromatic rings. The lowest BCUT2D eigenvalue weighted by molar-refractivity contribution is -0.114. The van der Waals surface area contributed by atoms with Crippen molar-refractivity contribution in [3.05, 3.63) is 40.8 Å². The number of amides is 1. The molecular formula is C15H15NO3S.